The molecule has 26 heavy (non-hydrogen) atoms. The lowest BCUT2D eigenvalue weighted by molar-refractivity contribution is -0.134. The molecule has 0 bridgehead atoms. The van der Waals surface area contributed by atoms with Crippen molar-refractivity contribution in [1.29, 1.82) is 0 Å². The monoisotopic (exact) mass is 351 g/mol. The Labute approximate surface area is 150 Å². The maximum Gasteiger partial charge on any atom is 0.242 e. The van der Waals surface area contributed by atoms with Crippen molar-refractivity contribution in [3.05, 3.63) is 65.2 Å². The van der Waals surface area contributed by atoms with E-state index in [-0.39, 0.29) is 11.7 Å². The van der Waals surface area contributed by atoms with Crippen molar-refractivity contribution in [2.75, 3.05) is 26.7 Å². The van der Waals surface area contributed by atoms with E-state index < -0.39 is 0 Å². The molecule has 1 aromatic carbocycles. The lowest BCUT2D eigenvalue weighted by atomic mass is 10.1. The summed E-state index contributed by atoms with van der Waals surface area (Å²) in [6.45, 7) is 1.70. The van der Waals surface area contributed by atoms with Gasteiger partial charge < -0.3 is 0 Å². The topological polar surface area (TPSA) is 51.5 Å². The van der Waals surface area contributed by atoms with Gasteiger partial charge in [0.15, 0.2) is 5.82 Å². The number of hydrazone groups is 1. The zero-order chi connectivity index (χ0) is 18.1. The van der Waals surface area contributed by atoms with Gasteiger partial charge in [0.1, 0.15) is 11.6 Å². The third-order valence-corrected chi connectivity index (χ3v) is 4.39. The third-order valence-electron chi connectivity index (χ3n) is 4.39. The number of amides is 1. The van der Waals surface area contributed by atoms with Crippen molar-refractivity contribution in [3.63, 3.8) is 0 Å². The Morgan fingerprint density at radius 2 is 2.00 bits per heavy atom. The number of hydrogen-bond donors (Lipinski definition) is 0. The zero-order valence-corrected chi connectivity index (χ0v) is 14.4. The Balaban J connectivity index is 1.79. The Morgan fingerprint density at radius 3 is 2.77 bits per heavy atom. The number of aliphatic imine (C=N–C) groups is 1. The molecular formula is C19H18FN5O. The molecule has 132 valence electrons. The molecule has 0 aliphatic carbocycles. The molecule has 1 saturated heterocycles. The van der Waals surface area contributed by atoms with Crippen molar-refractivity contribution in [2.45, 2.75) is 6.42 Å². The number of nitrogens with zero attached hydrogens (tertiary/aromatic N) is 5. The number of fused-ring (bicyclic) bond motifs is 1. The summed E-state index contributed by atoms with van der Waals surface area (Å²) in [4.78, 5) is 20.9. The molecule has 4 rings (SSSR count). The number of carbonyl (C=O) groups is 1. The maximum atomic E-state index is 13.3. The molecule has 0 unspecified atom stereocenters. The molecule has 0 aromatic heterocycles. The van der Waals surface area contributed by atoms with Gasteiger partial charge in [0, 0.05) is 37.4 Å². The SMILES string of the molecule is CN1CCN(C2=CC(c3ccc(F)cc3)=NC3=C=CCC=NN32)C(=O)C1. The fourth-order valence-corrected chi connectivity index (χ4v) is 3.02. The first kappa shape index (κ1) is 16.4. The number of hydrogen-bond acceptors (Lipinski definition) is 5. The molecule has 1 amide bonds. The molecule has 0 spiro atoms. The molecule has 1 fully saturated rings. The summed E-state index contributed by atoms with van der Waals surface area (Å²) < 4.78 is 13.3. The van der Waals surface area contributed by atoms with Gasteiger partial charge in [-0.15, -0.1) is 0 Å². The van der Waals surface area contributed by atoms with Crippen molar-refractivity contribution in [2.24, 2.45) is 10.1 Å². The van der Waals surface area contributed by atoms with E-state index in [0.29, 0.717) is 36.9 Å². The minimum atomic E-state index is -0.302. The van der Waals surface area contributed by atoms with Crippen molar-refractivity contribution in [1.82, 2.24) is 14.8 Å². The van der Waals surface area contributed by atoms with Crippen LogP contribution in [0.15, 0.2) is 63.9 Å². The number of piperazine rings is 1. The number of rotatable bonds is 2. The van der Waals surface area contributed by atoms with Crippen LogP contribution in [0.5, 0.6) is 0 Å². The molecule has 3 aliphatic heterocycles. The van der Waals surface area contributed by atoms with Crippen LogP contribution in [0.2, 0.25) is 0 Å². The summed E-state index contributed by atoms with van der Waals surface area (Å²) in [7, 11) is 1.92. The highest BCUT2D eigenvalue weighted by molar-refractivity contribution is 6.10. The normalized spacial score (nSPS) is 20.4. The molecule has 0 N–H and O–H groups in total. The van der Waals surface area contributed by atoms with Crippen LogP contribution in [0.3, 0.4) is 0 Å². The van der Waals surface area contributed by atoms with Crippen LogP contribution in [0.1, 0.15) is 12.0 Å². The first-order valence-corrected chi connectivity index (χ1v) is 8.45. The molecule has 1 aromatic rings. The van der Waals surface area contributed by atoms with Gasteiger partial charge >= 0.3 is 0 Å². The van der Waals surface area contributed by atoms with E-state index in [2.05, 4.69) is 15.8 Å². The molecule has 0 radical (unpaired) electrons. The summed E-state index contributed by atoms with van der Waals surface area (Å²) in [6, 6.07) is 6.14. The van der Waals surface area contributed by atoms with E-state index in [1.807, 2.05) is 24.1 Å². The van der Waals surface area contributed by atoms with Crippen LogP contribution in [0.4, 0.5) is 4.39 Å². The van der Waals surface area contributed by atoms with Gasteiger partial charge in [0.25, 0.3) is 0 Å². The standard InChI is InChI=1S/C19H18FN5O/c1-23-10-11-24(19(26)13-23)18-12-16(14-5-7-15(20)8-6-14)22-17-4-2-3-9-21-25(17)18/h2,5-9,12H,3,10-11,13H2,1H3. The highest BCUT2D eigenvalue weighted by Gasteiger charge is 2.31. The highest BCUT2D eigenvalue weighted by atomic mass is 19.1. The minimum absolute atomic E-state index is 0.00753. The van der Waals surface area contributed by atoms with E-state index in [4.69, 9.17) is 0 Å². The number of allylic oxidation sites excluding steroid dienone is 2. The predicted octanol–water partition coefficient (Wildman–Crippen LogP) is 1.93. The number of halogens is 1. The summed E-state index contributed by atoms with van der Waals surface area (Å²) in [5.74, 6) is 0.866. The van der Waals surface area contributed by atoms with Crippen LogP contribution in [-0.2, 0) is 4.79 Å². The molecule has 0 saturated carbocycles. The molecule has 7 heteroatoms. The van der Waals surface area contributed by atoms with Crippen LogP contribution < -0.4 is 0 Å². The largest absolute Gasteiger partial charge is 0.296 e. The average molecular weight is 351 g/mol. The predicted molar refractivity (Wildman–Crippen MR) is 96.8 cm³/mol. The highest BCUT2D eigenvalue weighted by Crippen LogP contribution is 2.27. The molecule has 3 heterocycles. The van der Waals surface area contributed by atoms with E-state index in [1.165, 1.54) is 12.1 Å². The Kier molecular flexibility index (Phi) is 4.24. The second-order valence-electron chi connectivity index (χ2n) is 6.31. The van der Waals surface area contributed by atoms with Crippen LogP contribution in [0, 0.1) is 5.82 Å². The molecule has 0 atom stereocenters. The molecule has 6 nitrogen and oxygen atoms in total. The fraction of sp³-hybridized carbons (Fsp3) is 0.263. The quantitative estimate of drug-likeness (QED) is 0.765. The third kappa shape index (κ3) is 3.10. The maximum absolute atomic E-state index is 13.3. The van der Waals surface area contributed by atoms with Crippen molar-refractivity contribution < 1.29 is 9.18 Å². The number of likely N-dealkylation sites (N-methyl/N-ethyl adjacent to an activating group) is 1. The first-order valence-electron chi connectivity index (χ1n) is 8.45. The number of benzene rings is 1. The summed E-state index contributed by atoms with van der Waals surface area (Å²) in [5.41, 5.74) is 4.55. The number of carbonyl (C=O) groups excluding carboxylic acids is 1. The Bertz CT molecular complexity index is 893. The van der Waals surface area contributed by atoms with Gasteiger partial charge in [-0.3, -0.25) is 14.6 Å². The smallest absolute Gasteiger partial charge is 0.242 e. The van der Waals surface area contributed by atoms with Crippen LogP contribution >= 0.6 is 0 Å². The lowest BCUT2D eigenvalue weighted by Gasteiger charge is -2.37. The minimum Gasteiger partial charge on any atom is -0.296 e. The Morgan fingerprint density at radius 1 is 1.19 bits per heavy atom. The van der Waals surface area contributed by atoms with Gasteiger partial charge in [0.2, 0.25) is 5.91 Å². The van der Waals surface area contributed by atoms with Gasteiger partial charge in [-0.25, -0.2) is 9.38 Å². The first-order chi connectivity index (χ1) is 12.6. The van der Waals surface area contributed by atoms with Crippen molar-refractivity contribution >= 4 is 17.8 Å². The second kappa shape index (κ2) is 6.71. The zero-order valence-electron chi connectivity index (χ0n) is 14.4. The van der Waals surface area contributed by atoms with E-state index in [9.17, 15) is 9.18 Å². The van der Waals surface area contributed by atoms with Gasteiger partial charge in [0.05, 0.1) is 12.3 Å². The second-order valence-corrected chi connectivity index (χ2v) is 6.31. The van der Waals surface area contributed by atoms with Gasteiger partial charge in [-0.1, -0.05) is 5.73 Å². The van der Waals surface area contributed by atoms with E-state index >= 15 is 0 Å². The van der Waals surface area contributed by atoms with E-state index in [0.717, 1.165) is 12.1 Å². The fourth-order valence-electron chi connectivity index (χ4n) is 3.02. The van der Waals surface area contributed by atoms with Crippen molar-refractivity contribution in [3.8, 4) is 0 Å². The summed E-state index contributed by atoms with van der Waals surface area (Å²) in [6.07, 6.45) is 6.07. The molecule has 3 aliphatic rings. The van der Waals surface area contributed by atoms with Gasteiger partial charge in [-0.05, 0) is 37.4 Å². The molecular weight excluding hydrogens is 333 g/mol. The summed E-state index contributed by atoms with van der Waals surface area (Å²) >= 11 is 0. The lowest BCUT2D eigenvalue weighted by Crippen LogP contribution is -2.50. The summed E-state index contributed by atoms with van der Waals surface area (Å²) in [5, 5.41) is 6.07. The van der Waals surface area contributed by atoms with Crippen LogP contribution in [-0.4, -0.2) is 59.3 Å². The van der Waals surface area contributed by atoms with Gasteiger partial charge in [-0.2, -0.15) is 10.1 Å². The average Bonchev–Trinajstić information content (AvgIpc) is 2.87. The Hall–Kier alpha value is -3.02. The van der Waals surface area contributed by atoms with E-state index in [1.54, 1.807) is 28.3 Å². The van der Waals surface area contributed by atoms with Crippen LogP contribution in [0.25, 0.3) is 0 Å².